The molecule has 0 fully saturated rings. The lowest BCUT2D eigenvalue weighted by Crippen LogP contribution is -2.28. The SMILES string of the molecule is Cc1cc(N)c(C)c(S(=O)(=O)NCCC(C)S(C)=O)c1. The Hall–Kier alpha value is -0.920. The van der Waals surface area contributed by atoms with Crippen molar-refractivity contribution in [1.82, 2.24) is 4.72 Å². The molecule has 0 aliphatic carbocycles. The quantitative estimate of drug-likeness (QED) is 0.774. The Morgan fingerprint density at radius 3 is 2.50 bits per heavy atom. The maximum absolute atomic E-state index is 12.3. The van der Waals surface area contributed by atoms with Crippen molar-refractivity contribution in [3.8, 4) is 0 Å². The van der Waals surface area contributed by atoms with Gasteiger partial charge in [-0.2, -0.15) is 0 Å². The largest absolute Gasteiger partial charge is 0.398 e. The van der Waals surface area contributed by atoms with E-state index in [4.69, 9.17) is 5.73 Å². The van der Waals surface area contributed by atoms with Crippen molar-refractivity contribution < 1.29 is 12.6 Å². The molecule has 0 saturated heterocycles. The van der Waals surface area contributed by atoms with Gasteiger partial charge in [0.2, 0.25) is 10.0 Å². The summed E-state index contributed by atoms with van der Waals surface area (Å²) < 4.78 is 38.3. The normalized spacial score (nSPS) is 15.0. The van der Waals surface area contributed by atoms with Gasteiger partial charge in [-0.15, -0.1) is 0 Å². The second-order valence-electron chi connectivity index (χ2n) is 4.97. The molecule has 1 aromatic carbocycles. The van der Waals surface area contributed by atoms with Crippen LogP contribution in [0.4, 0.5) is 5.69 Å². The molecule has 3 N–H and O–H groups in total. The fraction of sp³-hybridized carbons (Fsp3) is 0.538. The molecule has 20 heavy (non-hydrogen) atoms. The van der Waals surface area contributed by atoms with Gasteiger partial charge in [-0.3, -0.25) is 4.21 Å². The van der Waals surface area contributed by atoms with Gasteiger partial charge in [-0.1, -0.05) is 6.92 Å². The summed E-state index contributed by atoms with van der Waals surface area (Å²) in [5.41, 5.74) is 7.62. The average Bonchev–Trinajstić information content (AvgIpc) is 2.33. The van der Waals surface area contributed by atoms with E-state index in [2.05, 4.69) is 4.72 Å². The first-order chi connectivity index (χ1) is 9.15. The molecule has 0 spiro atoms. The summed E-state index contributed by atoms with van der Waals surface area (Å²) >= 11 is 0. The zero-order valence-corrected chi connectivity index (χ0v) is 13.9. The van der Waals surface area contributed by atoms with Gasteiger partial charge in [-0.05, 0) is 43.5 Å². The van der Waals surface area contributed by atoms with Crippen molar-refractivity contribution in [3.05, 3.63) is 23.3 Å². The maximum atomic E-state index is 12.3. The number of nitrogens with two attached hydrogens (primary N) is 1. The molecule has 0 amide bonds. The Balaban J connectivity index is 2.87. The second kappa shape index (κ2) is 6.69. The molecule has 1 aromatic rings. The number of aryl methyl sites for hydroxylation is 1. The first-order valence-corrected chi connectivity index (χ1v) is 9.44. The van der Waals surface area contributed by atoms with Crippen molar-refractivity contribution >= 4 is 26.5 Å². The number of hydrogen-bond donors (Lipinski definition) is 2. The van der Waals surface area contributed by atoms with Gasteiger partial charge in [0.25, 0.3) is 0 Å². The van der Waals surface area contributed by atoms with Crippen LogP contribution in [0.5, 0.6) is 0 Å². The molecule has 0 bridgehead atoms. The summed E-state index contributed by atoms with van der Waals surface area (Å²) in [5.74, 6) is 0. The molecule has 0 aliphatic rings. The van der Waals surface area contributed by atoms with Crippen LogP contribution in [-0.2, 0) is 20.8 Å². The zero-order valence-electron chi connectivity index (χ0n) is 12.3. The van der Waals surface area contributed by atoms with Crippen molar-refractivity contribution in [2.75, 3.05) is 18.5 Å². The molecule has 114 valence electrons. The lowest BCUT2D eigenvalue weighted by atomic mass is 10.1. The summed E-state index contributed by atoms with van der Waals surface area (Å²) in [6.45, 7) is 5.58. The number of benzene rings is 1. The molecule has 0 aromatic heterocycles. The molecule has 0 aliphatic heterocycles. The van der Waals surface area contributed by atoms with Crippen LogP contribution in [0.1, 0.15) is 24.5 Å². The van der Waals surface area contributed by atoms with Gasteiger partial charge in [0.05, 0.1) is 4.90 Å². The van der Waals surface area contributed by atoms with Crippen LogP contribution in [0.2, 0.25) is 0 Å². The van der Waals surface area contributed by atoms with Crippen LogP contribution in [0.15, 0.2) is 17.0 Å². The Morgan fingerprint density at radius 1 is 1.35 bits per heavy atom. The first-order valence-electron chi connectivity index (χ1n) is 6.33. The molecular weight excluding hydrogens is 296 g/mol. The van der Waals surface area contributed by atoms with Gasteiger partial charge < -0.3 is 5.73 Å². The van der Waals surface area contributed by atoms with E-state index in [0.717, 1.165) is 5.56 Å². The summed E-state index contributed by atoms with van der Waals surface area (Å²) in [7, 11) is -4.54. The molecule has 0 radical (unpaired) electrons. The summed E-state index contributed by atoms with van der Waals surface area (Å²) in [6.07, 6.45) is 2.15. The third kappa shape index (κ3) is 4.29. The lowest BCUT2D eigenvalue weighted by Gasteiger charge is -2.13. The van der Waals surface area contributed by atoms with E-state index in [1.165, 1.54) is 0 Å². The van der Waals surface area contributed by atoms with Crippen molar-refractivity contribution in [2.24, 2.45) is 0 Å². The number of hydrogen-bond acceptors (Lipinski definition) is 4. The van der Waals surface area contributed by atoms with E-state index in [1.54, 1.807) is 32.2 Å². The summed E-state index contributed by atoms with van der Waals surface area (Å²) in [6, 6.07) is 3.35. The van der Waals surface area contributed by atoms with E-state index < -0.39 is 20.8 Å². The fourth-order valence-electron chi connectivity index (χ4n) is 1.77. The molecule has 7 heteroatoms. The fourth-order valence-corrected chi connectivity index (χ4v) is 3.63. The zero-order chi connectivity index (χ0) is 15.5. The standard InChI is InChI=1S/C13H22N2O3S2/c1-9-7-12(14)11(3)13(8-9)20(17,18)15-6-5-10(2)19(4)16/h7-8,10,15H,5-6,14H2,1-4H3. The molecule has 2 unspecified atom stereocenters. The van der Waals surface area contributed by atoms with Crippen LogP contribution in [-0.4, -0.2) is 30.7 Å². The minimum Gasteiger partial charge on any atom is -0.398 e. The minimum atomic E-state index is -3.59. The highest BCUT2D eigenvalue weighted by molar-refractivity contribution is 7.89. The third-order valence-electron chi connectivity index (χ3n) is 3.24. The number of rotatable bonds is 6. The van der Waals surface area contributed by atoms with Gasteiger partial charge in [0, 0.05) is 34.5 Å². The predicted octanol–water partition coefficient (Wildman–Crippen LogP) is 1.32. The minimum absolute atomic E-state index is 0.0404. The maximum Gasteiger partial charge on any atom is 0.240 e. The molecule has 0 saturated carbocycles. The smallest absolute Gasteiger partial charge is 0.240 e. The Kier molecular flexibility index (Phi) is 5.73. The van der Waals surface area contributed by atoms with Crippen LogP contribution in [0.25, 0.3) is 0 Å². The highest BCUT2D eigenvalue weighted by Gasteiger charge is 2.19. The van der Waals surface area contributed by atoms with Gasteiger partial charge in [0.1, 0.15) is 0 Å². The number of nitrogens with one attached hydrogen (secondary N) is 1. The van der Waals surface area contributed by atoms with Gasteiger partial charge >= 0.3 is 0 Å². The van der Waals surface area contributed by atoms with E-state index in [0.29, 0.717) is 17.7 Å². The van der Waals surface area contributed by atoms with Gasteiger partial charge in [0.15, 0.2) is 0 Å². The van der Waals surface area contributed by atoms with E-state index in [-0.39, 0.29) is 16.7 Å². The third-order valence-corrected chi connectivity index (χ3v) is 6.20. The van der Waals surface area contributed by atoms with Crippen LogP contribution < -0.4 is 10.5 Å². The summed E-state index contributed by atoms with van der Waals surface area (Å²) in [4.78, 5) is 0.209. The monoisotopic (exact) mass is 318 g/mol. The highest BCUT2D eigenvalue weighted by atomic mass is 32.2. The van der Waals surface area contributed by atoms with E-state index >= 15 is 0 Å². The molecule has 0 heterocycles. The van der Waals surface area contributed by atoms with Gasteiger partial charge in [-0.25, -0.2) is 13.1 Å². The predicted molar refractivity (Wildman–Crippen MR) is 83.7 cm³/mol. The molecular formula is C13H22N2O3S2. The van der Waals surface area contributed by atoms with E-state index in [9.17, 15) is 12.6 Å². The highest BCUT2D eigenvalue weighted by Crippen LogP contribution is 2.22. The molecule has 5 nitrogen and oxygen atoms in total. The van der Waals surface area contributed by atoms with Crippen molar-refractivity contribution in [3.63, 3.8) is 0 Å². The first kappa shape index (κ1) is 17.1. The number of nitrogen functional groups attached to an aromatic ring is 1. The Bertz CT molecular complexity index is 612. The van der Waals surface area contributed by atoms with Crippen molar-refractivity contribution in [2.45, 2.75) is 37.3 Å². The number of sulfonamides is 1. The second-order valence-corrected chi connectivity index (χ2v) is 8.51. The molecule has 2 atom stereocenters. The summed E-state index contributed by atoms with van der Waals surface area (Å²) in [5, 5.41) is -0.0404. The number of anilines is 1. The Labute approximate surface area is 123 Å². The van der Waals surface area contributed by atoms with Crippen LogP contribution in [0.3, 0.4) is 0 Å². The van der Waals surface area contributed by atoms with Crippen LogP contribution >= 0.6 is 0 Å². The lowest BCUT2D eigenvalue weighted by molar-refractivity contribution is 0.577. The van der Waals surface area contributed by atoms with E-state index in [1.807, 2.05) is 6.92 Å². The Morgan fingerprint density at radius 2 is 1.95 bits per heavy atom. The topological polar surface area (TPSA) is 89.3 Å². The molecule has 1 rings (SSSR count). The van der Waals surface area contributed by atoms with Crippen LogP contribution in [0, 0.1) is 13.8 Å². The van der Waals surface area contributed by atoms with Crippen molar-refractivity contribution in [1.29, 1.82) is 0 Å². The average molecular weight is 318 g/mol.